The van der Waals surface area contributed by atoms with Gasteiger partial charge in [-0.25, -0.2) is 9.97 Å². The maximum Gasteiger partial charge on any atom is 0.494 e. The van der Waals surface area contributed by atoms with Crippen LogP contribution >= 0.6 is 45.8 Å². The third kappa shape index (κ3) is 13.7. The standard InChI is InChI=1S/C27H23ClN4O3.C23H27BClN3O4.C10H8INO/c1-16-25(26(32-35-16)18-5-3-2-4-6-18)19-11-20-12-21(34-27(20)22(28)13-19)15-31-24(33)10-8-17-7-9-23(29)30-14-17;1-22(2)23(3,4)32-24(31-22)16-9-15-10-17(30-21(15)18(25)11-16)13-28-20(29)8-6-14-5-7-19(26)27-12-14;1-7-9(11)10(12-13-7)8-5-3-2-4-6-8/h2-11,13-14,21H,12,15H2,1H3,(H2,29,30)(H,31,33);5-9,11-12,17H,10,13H2,1-4H3,(H2,26,27)(H,28,29);2-6H,1H3/b10-8+;8-6+;. The Kier molecular flexibility index (Phi) is 17.8. The van der Waals surface area contributed by atoms with Gasteiger partial charge in [0.2, 0.25) is 11.8 Å². The summed E-state index contributed by atoms with van der Waals surface area (Å²) in [6.45, 7) is 12.6. The van der Waals surface area contributed by atoms with Gasteiger partial charge < -0.3 is 49.9 Å². The van der Waals surface area contributed by atoms with Gasteiger partial charge in [0.1, 0.15) is 58.3 Å². The second kappa shape index (κ2) is 24.9. The molecule has 1 saturated heterocycles. The first-order valence-electron chi connectivity index (χ1n) is 25.7. The van der Waals surface area contributed by atoms with Gasteiger partial charge in [0.05, 0.1) is 43.5 Å². The molecule has 4 aromatic carbocycles. The largest absolute Gasteiger partial charge is 0.494 e. The first-order chi connectivity index (χ1) is 38.3. The minimum absolute atomic E-state index is 0.202. The smallest absolute Gasteiger partial charge is 0.486 e. The summed E-state index contributed by atoms with van der Waals surface area (Å²) in [4.78, 5) is 32.4. The number of hydrogen-bond donors (Lipinski definition) is 4. The van der Waals surface area contributed by atoms with Crippen LogP contribution in [0.2, 0.25) is 10.0 Å². The van der Waals surface area contributed by atoms with Crippen LogP contribution in [0, 0.1) is 17.4 Å². The Bertz CT molecular complexity index is 3550. The number of carbonyl (C=O) groups is 2. The van der Waals surface area contributed by atoms with E-state index < -0.39 is 18.3 Å². The lowest BCUT2D eigenvalue weighted by Crippen LogP contribution is -2.41. The van der Waals surface area contributed by atoms with Gasteiger partial charge in [0.15, 0.2) is 0 Å². The fraction of sp³-hybridized carbons (Fsp3) is 0.233. The van der Waals surface area contributed by atoms with E-state index in [4.69, 9.17) is 62.5 Å². The highest BCUT2D eigenvalue weighted by molar-refractivity contribution is 14.1. The van der Waals surface area contributed by atoms with Gasteiger partial charge in [-0.1, -0.05) is 100 Å². The highest BCUT2D eigenvalue weighted by Crippen LogP contribution is 2.43. The average molecular weight is 1230 g/mol. The van der Waals surface area contributed by atoms with E-state index >= 15 is 0 Å². The number of anilines is 2. The van der Waals surface area contributed by atoms with E-state index in [0.717, 1.165) is 70.7 Å². The molecule has 80 heavy (non-hydrogen) atoms. The molecule has 0 saturated carbocycles. The lowest BCUT2D eigenvalue weighted by atomic mass is 9.78. The van der Waals surface area contributed by atoms with Crippen molar-refractivity contribution in [2.24, 2.45) is 0 Å². The van der Waals surface area contributed by atoms with Crippen molar-refractivity contribution in [1.29, 1.82) is 0 Å². The number of amides is 2. The molecule has 410 valence electrons. The third-order valence-electron chi connectivity index (χ3n) is 13.8. The maximum absolute atomic E-state index is 12.3. The molecule has 0 radical (unpaired) electrons. The van der Waals surface area contributed by atoms with Crippen LogP contribution in [0.4, 0.5) is 11.6 Å². The highest BCUT2D eigenvalue weighted by atomic mass is 127. The molecular formula is C60H58BCl2IN8O8. The summed E-state index contributed by atoms with van der Waals surface area (Å²) in [6, 6.07) is 34.6. The Morgan fingerprint density at radius 1 is 0.650 bits per heavy atom. The van der Waals surface area contributed by atoms with E-state index in [1.807, 2.05) is 120 Å². The van der Waals surface area contributed by atoms with Crippen molar-refractivity contribution in [2.45, 2.75) is 77.8 Å². The Balaban J connectivity index is 0.000000159. The van der Waals surface area contributed by atoms with Crippen molar-refractivity contribution in [2.75, 3.05) is 24.6 Å². The number of nitrogens with one attached hydrogen (secondary N) is 2. The summed E-state index contributed by atoms with van der Waals surface area (Å²) in [5, 5.41) is 15.1. The van der Waals surface area contributed by atoms with Crippen LogP contribution in [0.3, 0.4) is 0 Å². The molecule has 1 fully saturated rings. The zero-order chi connectivity index (χ0) is 56.7. The monoisotopic (exact) mass is 1230 g/mol. The summed E-state index contributed by atoms with van der Waals surface area (Å²) in [6.07, 6.45) is 10.3. The predicted octanol–water partition coefficient (Wildman–Crippen LogP) is 11.1. The summed E-state index contributed by atoms with van der Waals surface area (Å²) < 4.78 is 36.0. The molecule has 0 bridgehead atoms. The number of nitrogens with zero attached hydrogens (tertiary/aromatic N) is 4. The molecular weight excluding hydrogens is 1170 g/mol. The number of benzene rings is 4. The molecule has 8 aromatic rings. The number of rotatable bonds is 12. The number of hydrogen-bond acceptors (Lipinski definition) is 14. The van der Waals surface area contributed by atoms with Gasteiger partial charge >= 0.3 is 7.12 Å². The van der Waals surface area contributed by atoms with E-state index in [1.165, 1.54) is 12.2 Å². The Hall–Kier alpha value is -7.49. The van der Waals surface area contributed by atoms with Crippen LogP contribution in [-0.4, -0.2) is 75.7 Å². The number of carbonyl (C=O) groups excluding carboxylic acids is 2. The second-order valence-electron chi connectivity index (χ2n) is 20.2. The summed E-state index contributed by atoms with van der Waals surface area (Å²) in [7, 11) is -0.491. The SMILES string of the molecule is CC1(C)OB(c2cc(Cl)c3c(c2)CC(CNC(=O)/C=C/c2ccc(N)nc2)O3)OC1(C)C.Cc1onc(-c2ccccc2)c1-c1cc(Cl)c2c(c1)CC(CNC(=O)/C=C/c1ccc(N)nc1)O2.Cc1onc(-c2ccccc2)c1I. The van der Waals surface area contributed by atoms with E-state index in [0.29, 0.717) is 64.9 Å². The summed E-state index contributed by atoms with van der Waals surface area (Å²) in [5.41, 5.74) is 20.3. The van der Waals surface area contributed by atoms with E-state index in [-0.39, 0.29) is 24.0 Å². The van der Waals surface area contributed by atoms with E-state index in [1.54, 1.807) is 48.8 Å². The van der Waals surface area contributed by atoms with Crippen molar-refractivity contribution in [3.05, 3.63) is 181 Å². The Labute approximate surface area is 487 Å². The van der Waals surface area contributed by atoms with Crippen molar-refractivity contribution < 1.29 is 37.4 Å². The van der Waals surface area contributed by atoms with Crippen LogP contribution < -0.4 is 37.0 Å². The minimum Gasteiger partial charge on any atom is -0.486 e. The van der Waals surface area contributed by atoms with Gasteiger partial charge in [-0.15, -0.1) is 0 Å². The van der Waals surface area contributed by atoms with Gasteiger partial charge in [0, 0.05) is 54.1 Å². The molecule has 2 unspecified atom stereocenters. The van der Waals surface area contributed by atoms with Crippen molar-refractivity contribution >= 4 is 94.0 Å². The lowest BCUT2D eigenvalue weighted by Gasteiger charge is -2.32. The molecule has 11 rings (SSSR count). The van der Waals surface area contributed by atoms with E-state index in [2.05, 4.69) is 59.6 Å². The molecule has 20 heteroatoms. The molecule has 16 nitrogen and oxygen atoms in total. The minimum atomic E-state index is -0.491. The Morgan fingerprint density at radius 2 is 1.12 bits per heavy atom. The average Bonchev–Trinajstić information content (AvgIpc) is 4.30. The van der Waals surface area contributed by atoms with Gasteiger partial charge in [0.25, 0.3) is 0 Å². The fourth-order valence-electron chi connectivity index (χ4n) is 8.85. The molecule has 0 aliphatic carbocycles. The first-order valence-corrected chi connectivity index (χ1v) is 27.5. The number of nitrogen functional groups attached to an aromatic ring is 2. The third-order valence-corrected chi connectivity index (χ3v) is 15.6. The van der Waals surface area contributed by atoms with Crippen LogP contribution in [0.1, 0.15) is 61.5 Å². The Morgan fingerprint density at radius 3 is 1.61 bits per heavy atom. The van der Waals surface area contributed by atoms with Crippen molar-refractivity contribution in [3.8, 4) is 45.1 Å². The molecule has 6 N–H and O–H groups in total. The first kappa shape index (κ1) is 57.2. The van der Waals surface area contributed by atoms with Crippen LogP contribution in [0.15, 0.2) is 143 Å². The number of aromatic nitrogens is 4. The van der Waals surface area contributed by atoms with Gasteiger partial charge in [-0.2, -0.15) is 0 Å². The van der Waals surface area contributed by atoms with Crippen LogP contribution in [0.25, 0.3) is 45.8 Å². The molecule has 3 aliphatic rings. The van der Waals surface area contributed by atoms with E-state index in [9.17, 15) is 9.59 Å². The molecule has 7 heterocycles. The highest BCUT2D eigenvalue weighted by Gasteiger charge is 2.52. The normalized spacial score (nSPS) is 16.4. The second-order valence-corrected chi connectivity index (χ2v) is 22.1. The van der Waals surface area contributed by atoms with Crippen LogP contribution in [0.5, 0.6) is 11.5 Å². The number of halogens is 3. The maximum atomic E-state index is 12.3. The molecule has 2 amide bonds. The molecule has 3 aliphatic heterocycles. The predicted molar refractivity (Wildman–Crippen MR) is 321 cm³/mol. The van der Waals surface area contributed by atoms with Crippen molar-refractivity contribution in [1.82, 2.24) is 30.9 Å². The van der Waals surface area contributed by atoms with Gasteiger partial charge in [-0.3, -0.25) is 9.59 Å². The number of pyridine rings is 2. The fourth-order valence-corrected chi connectivity index (χ4v) is 9.93. The zero-order valence-electron chi connectivity index (χ0n) is 44.8. The summed E-state index contributed by atoms with van der Waals surface area (Å²) >= 11 is 15.4. The number of ether oxygens (including phenoxy) is 2. The van der Waals surface area contributed by atoms with Crippen LogP contribution in [-0.2, 0) is 31.7 Å². The van der Waals surface area contributed by atoms with Crippen molar-refractivity contribution in [3.63, 3.8) is 0 Å². The lowest BCUT2D eigenvalue weighted by molar-refractivity contribution is -0.117. The number of nitrogens with two attached hydrogens (primary N) is 2. The summed E-state index contributed by atoms with van der Waals surface area (Å²) in [5.74, 6) is 3.31. The number of fused-ring (bicyclic) bond motifs is 2. The molecule has 2 atom stereocenters. The number of aryl methyl sites for hydroxylation is 2. The topological polar surface area (TPSA) is 225 Å². The molecule has 0 spiro atoms. The van der Waals surface area contributed by atoms with Gasteiger partial charge in [-0.05, 0) is 146 Å². The quantitative estimate of drug-likeness (QED) is 0.0507. The zero-order valence-corrected chi connectivity index (χ0v) is 48.4. The molecule has 4 aromatic heterocycles.